The first-order valence-electron chi connectivity index (χ1n) is 9.34. The molecule has 0 spiro atoms. The molecular formula is C18H22Cl2N6O4. The number of hydrogen-bond donors (Lipinski definition) is 4. The second kappa shape index (κ2) is 9.50. The monoisotopic (exact) mass is 456 g/mol. The van der Waals surface area contributed by atoms with Crippen LogP contribution in [0.3, 0.4) is 0 Å². The Bertz CT molecular complexity index is 943. The van der Waals surface area contributed by atoms with Gasteiger partial charge in [-0.25, -0.2) is 4.79 Å². The van der Waals surface area contributed by atoms with E-state index in [4.69, 9.17) is 33.7 Å². The number of carboxylic acids is 1. The molecule has 3 heterocycles. The van der Waals surface area contributed by atoms with Gasteiger partial charge in [0.15, 0.2) is 5.69 Å². The van der Waals surface area contributed by atoms with Gasteiger partial charge in [-0.2, -0.15) is 9.97 Å². The fourth-order valence-corrected chi connectivity index (χ4v) is 3.55. The number of aromatic nitrogens is 3. The van der Waals surface area contributed by atoms with Gasteiger partial charge < -0.3 is 30.8 Å². The SMILES string of the molecule is Cc1[nH]c(C(=O)NC2CCN(c3cc(C(=O)O)nc(OCCN)n3)CC2)c(Cl)c1Cl. The van der Waals surface area contributed by atoms with Gasteiger partial charge in [0.05, 0.1) is 10.0 Å². The van der Waals surface area contributed by atoms with Crippen molar-refractivity contribution in [3.8, 4) is 6.01 Å². The number of rotatable bonds is 7. The normalized spacial score (nSPS) is 14.6. The summed E-state index contributed by atoms with van der Waals surface area (Å²) in [6.07, 6.45) is 1.28. The zero-order valence-corrected chi connectivity index (χ0v) is 17.8. The van der Waals surface area contributed by atoms with Gasteiger partial charge in [0.2, 0.25) is 0 Å². The van der Waals surface area contributed by atoms with Gasteiger partial charge in [0.1, 0.15) is 18.1 Å². The van der Waals surface area contributed by atoms with Gasteiger partial charge in [-0.15, -0.1) is 0 Å². The van der Waals surface area contributed by atoms with Gasteiger partial charge in [-0.05, 0) is 19.8 Å². The molecule has 0 unspecified atom stereocenters. The molecule has 1 saturated heterocycles. The lowest BCUT2D eigenvalue weighted by atomic mass is 10.0. The van der Waals surface area contributed by atoms with Crippen LogP contribution in [0.25, 0.3) is 0 Å². The standard InChI is InChI=1S/C18H22Cl2N6O4/c1-9-13(19)14(20)15(22-9)16(27)23-10-2-5-26(6-3-10)12-8-11(17(28)29)24-18(25-12)30-7-4-21/h8,10,22H,2-7,21H2,1H3,(H,23,27)(H,28,29). The highest BCUT2D eigenvalue weighted by molar-refractivity contribution is 6.44. The van der Waals surface area contributed by atoms with Crippen molar-refractivity contribution in [2.24, 2.45) is 5.73 Å². The van der Waals surface area contributed by atoms with Crippen molar-refractivity contribution in [3.63, 3.8) is 0 Å². The number of nitrogens with one attached hydrogen (secondary N) is 2. The third-order valence-electron chi connectivity index (χ3n) is 4.70. The first-order chi connectivity index (χ1) is 14.3. The number of ether oxygens (including phenoxy) is 1. The second-order valence-electron chi connectivity index (χ2n) is 6.82. The van der Waals surface area contributed by atoms with Gasteiger partial charge in [0, 0.05) is 37.4 Å². The third kappa shape index (κ3) is 4.94. The number of piperidine rings is 1. The molecule has 0 aromatic carbocycles. The van der Waals surface area contributed by atoms with Crippen LogP contribution in [-0.4, -0.2) is 64.2 Å². The minimum atomic E-state index is -1.17. The fourth-order valence-electron chi connectivity index (χ4n) is 3.14. The van der Waals surface area contributed by atoms with Crippen LogP contribution >= 0.6 is 23.2 Å². The molecule has 0 saturated carbocycles. The van der Waals surface area contributed by atoms with E-state index in [-0.39, 0.29) is 47.5 Å². The number of carbonyl (C=O) groups is 2. The summed E-state index contributed by atoms with van der Waals surface area (Å²) in [5.41, 5.74) is 6.13. The molecule has 0 aliphatic carbocycles. The Hall–Kier alpha value is -2.56. The first-order valence-corrected chi connectivity index (χ1v) is 10.1. The number of aromatic amines is 1. The van der Waals surface area contributed by atoms with Crippen molar-refractivity contribution >= 4 is 40.9 Å². The van der Waals surface area contributed by atoms with Gasteiger partial charge in [0.25, 0.3) is 5.91 Å². The number of anilines is 1. The van der Waals surface area contributed by atoms with E-state index >= 15 is 0 Å². The van der Waals surface area contributed by atoms with Crippen LogP contribution in [-0.2, 0) is 0 Å². The molecule has 0 bridgehead atoms. The van der Waals surface area contributed by atoms with E-state index in [1.54, 1.807) is 6.92 Å². The molecule has 2 aromatic heterocycles. The molecule has 1 aliphatic heterocycles. The van der Waals surface area contributed by atoms with Crippen LogP contribution in [0.1, 0.15) is 39.5 Å². The highest BCUT2D eigenvalue weighted by Gasteiger charge is 2.25. The van der Waals surface area contributed by atoms with Crippen molar-refractivity contribution in [1.29, 1.82) is 0 Å². The highest BCUT2D eigenvalue weighted by atomic mass is 35.5. The molecular weight excluding hydrogens is 435 g/mol. The van der Waals surface area contributed by atoms with E-state index in [2.05, 4.69) is 20.3 Å². The summed E-state index contributed by atoms with van der Waals surface area (Å²) in [6.45, 7) is 3.31. The maximum Gasteiger partial charge on any atom is 0.354 e. The van der Waals surface area contributed by atoms with Crippen LogP contribution in [0.5, 0.6) is 6.01 Å². The number of hydrogen-bond acceptors (Lipinski definition) is 7. The van der Waals surface area contributed by atoms with E-state index in [0.29, 0.717) is 42.5 Å². The maximum absolute atomic E-state index is 12.5. The molecule has 1 fully saturated rings. The van der Waals surface area contributed by atoms with Crippen molar-refractivity contribution < 1.29 is 19.4 Å². The van der Waals surface area contributed by atoms with E-state index in [1.807, 2.05) is 4.90 Å². The molecule has 12 heteroatoms. The molecule has 30 heavy (non-hydrogen) atoms. The molecule has 0 atom stereocenters. The predicted molar refractivity (Wildman–Crippen MR) is 112 cm³/mol. The minimum absolute atomic E-state index is 0.0283. The Kier molecular flexibility index (Phi) is 7.01. The van der Waals surface area contributed by atoms with E-state index in [0.717, 1.165) is 0 Å². The Morgan fingerprint density at radius 2 is 2.03 bits per heavy atom. The second-order valence-corrected chi connectivity index (χ2v) is 7.58. The Balaban J connectivity index is 1.65. The average Bonchev–Trinajstić information content (AvgIpc) is 3.00. The summed E-state index contributed by atoms with van der Waals surface area (Å²) >= 11 is 12.1. The van der Waals surface area contributed by atoms with Crippen molar-refractivity contribution in [3.05, 3.63) is 33.2 Å². The summed E-state index contributed by atoms with van der Waals surface area (Å²) in [5.74, 6) is -1.04. The summed E-state index contributed by atoms with van der Waals surface area (Å²) in [7, 11) is 0. The smallest absolute Gasteiger partial charge is 0.354 e. The van der Waals surface area contributed by atoms with Gasteiger partial charge in [-0.1, -0.05) is 23.2 Å². The van der Waals surface area contributed by atoms with E-state index in [1.165, 1.54) is 6.07 Å². The van der Waals surface area contributed by atoms with Crippen LogP contribution in [0, 0.1) is 6.92 Å². The first kappa shape index (κ1) is 22.1. The zero-order chi connectivity index (χ0) is 21.8. The van der Waals surface area contributed by atoms with Crippen molar-refractivity contribution in [2.75, 3.05) is 31.1 Å². The maximum atomic E-state index is 12.5. The average molecular weight is 457 g/mol. The number of H-pyrrole nitrogens is 1. The molecule has 5 N–H and O–H groups in total. The van der Waals surface area contributed by atoms with Gasteiger partial charge in [-0.3, -0.25) is 4.79 Å². The third-order valence-corrected chi connectivity index (χ3v) is 5.64. The van der Waals surface area contributed by atoms with Crippen LogP contribution in [0.2, 0.25) is 10.0 Å². The van der Waals surface area contributed by atoms with E-state index < -0.39 is 5.97 Å². The summed E-state index contributed by atoms with van der Waals surface area (Å²) in [6, 6.07) is 1.31. The highest BCUT2D eigenvalue weighted by Crippen LogP contribution is 2.29. The zero-order valence-electron chi connectivity index (χ0n) is 16.2. The number of carboxylic acid groups (broad SMARTS) is 1. The van der Waals surface area contributed by atoms with E-state index in [9.17, 15) is 14.7 Å². The molecule has 10 nitrogen and oxygen atoms in total. The number of halogens is 2. The molecule has 162 valence electrons. The van der Waals surface area contributed by atoms with Gasteiger partial charge >= 0.3 is 12.0 Å². The minimum Gasteiger partial charge on any atom is -0.477 e. The quantitative estimate of drug-likeness (QED) is 0.493. The summed E-state index contributed by atoms with van der Waals surface area (Å²) < 4.78 is 5.30. The summed E-state index contributed by atoms with van der Waals surface area (Å²) in [5, 5.41) is 12.8. The Morgan fingerprint density at radius 1 is 1.33 bits per heavy atom. The lowest BCUT2D eigenvalue weighted by Gasteiger charge is -2.33. The van der Waals surface area contributed by atoms with Crippen LogP contribution in [0.15, 0.2) is 6.07 Å². The molecule has 2 aromatic rings. The largest absolute Gasteiger partial charge is 0.477 e. The number of aryl methyl sites for hydroxylation is 1. The van der Waals surface area contributed by atoms with Crippen molar-refractivity contribution in [1.82, 2.24) is 20.3 Å². The number of nitrogens with zero attached hydrogens (tertiary/aromatic N) is 3. The Labute approximate surface area is 182 Å². The van der Waals surface area contributed by atoms with Crippen LogP contribution in [0.4, 0.5) is 5.82 Å². The summed E-state index contributed by atoms with van der Waals surface area (Å²) in [4.78, 5) is 36.8. The lowest BCUT2D eigenvalue weighted by molar-refractivity contribution is 0.0688. The fraction of sp³-hybridized carbons (Fsp3) is 0.444. The molecule has 1 amide bonds. The Morgan fingerprint density at radius 3 is 2.60 bits per heavy atom. The number of carbonyl (C=O) groups excluding carboxylic acids is 1. The molecule has 3 rings (SSSR count). The topological polar surface area (TPSA) is 146 Å². The lowest BCUT2D eigenvalue weighted by Crippen LogP contribution is -2.45. The van der Waals surface area contributed by atoms with Crippen molar-refractivity contribution in [2.45, 2.75) is 25.8 Å². The van der Waals surface area contributed by atoms with Crippen LogP contribution < -0.4 is 20.7 Å². The molecule has 0 radical (unpaired) electrons. The predicted octanol–water partition coefficient (Wildman–Crippen LogP) is 1.85. The number of amides is 1. The number of aromatic carboxylic acids is 1. The molecule has 1 aliphatic rings. The number of nitrogens with two attached hydrogens (primary N) is 1.